The average Bonchev–Trinajstić information content (AvgIpc) is 2.80. The molecule has 33 heavy (non-hydrogen) atoms. The number of carbonyl (C=O) groups is 1. The number of aromatic nitrogens is 2. The lowest BCUT2D eigenvalue weighted by Crippen LogP contribution is -2.24. The molecule has 0 bridgehead atoms. The van der Waals surface area contributed by atoms with E-state index in [0.717, 1.165) is 23.0 Å². The van der Waals surface area contributed by atoms with Crippen molar-refractivity contribution in [2.24, 2.45) is 5.10 Å². The second-order valence-electron chi connectivity index (χ2n) is 7.09. The van der Waals surface area contributed by atoms with Crippen molar-refractivity contribution in [2.75, 3.05) is 5.75 Å². The molecule has 9 heteroatoms. The molecule has 1 N–H and O–H groups in total. The zero-order valence-corrected chi connectivity index (χ0v) is 19.8. The normalized spacial score (nSPS) is 11.2. The molecule has 0 fully saturated rings. The molecular weight excluding hydrogens is 479 g/mol. The summed E-state index contributed by atoms with van der Waals surface area (Å²) in [5.74, 6) is -0.331. The molecule has 1 amide bonds. The van der Waals surface area contributed by atoms with E-state index in [1.165, 1.54) is 6.21 Å². The molecule has 4 aromatic rings. The number of hydrogen-bond donors (Lipinski definition) is 1. The summed E-state index contributed by atoms with van der Waals surface area (Å²) < 4.78 is 1.55. The fourth-order valence-electron chi connectivity index (χ4n) is 3.18. The minimum Gasteiger partial charge on any atom is -0.272 e. The van der Waals surface area contributed by atoms with E-state index in [4.69, 9.17) is 23.2 Å². The number of nitrogens with one attached hydrogen (secondary N) is 1. The quantitative estimate of drug-likeness (QED) is 0.171. The van der Waals surface area contributed by atoms with Crippen LogP contribution in [0.5, 0.6) is 0 Å². The Hall–Kier alpha value is -3.13. The van der Waals surface area contributed by atoms with Crippen molar-refractivity contribution in [3.8, 4) is 5.69 Å². The first kappa shape index (κ1) is 23.0. The maximum absolute atomic E-state index is 13.3. The van der Waals surface area contributed by atoms with E-state index in [9.17, 15) is 9.59 Å². The molecule has 0 atom stereocenters. The van der Waals surface area contributed by atoms with Crippen LogP contribution in [0.3, 0.4) is 0 Å². The summed E-state index contributed by atoms with van der Waals surface area (Å²) in [4.78, 5) is 30.3. The molecule has 166 valence electrons. The number of rotatable bonds is 6. The molecule has 4 rings (SSSR count). The van der Waals surface area contributed by atoms with Crippen LogP contribution in [0.25, 0.3) is 16.6 Å². The number of para-hydroxylation sites is 2. The van der Waals surface area contributed by atoms with Gasteiger partial charge < -0.3 is 0 Å². The number of nitrogens with zero attached hydrogens (tertiary/aromatic N) is 3. The number of amides is 1. The van der Waals surface area contributed by atoms with Gasteiger partial charge in [-0.15, -0.1) is 0 Å². The van der Waals surface area contributed by atoms with Crippen LogP contribution in [0.1, 0.15) is 11.1 Å². The highest BCUT2D eigenvalue weighted by molar-refractivity contribution is 7.99. The predicted octanol–water partition coefficient (Wildman–Crippen LogP) is 5.24. The Labute approximate surface area is 204 Å². The molecule has 0 spiro atoms. The van der Waals surface area contributed by atoms with Crippen molar-refractivity contribution in [3.63, 3.8) is 0 Å². The van der Waals surface area contributed by atoms with Crippen LogP contribution in [-0.2, 0) is 4.79 Å². The first-order valence-corrected chi connectivity index (χ1v) is 11.7. The molecule has 0 aliphatic carbocycles. The zero-order valence-electron chi connectivity index (χ0n) is 17.5. The standard InChI is InChI=1S/C24H18Cl2N4O2S/c1-15-6-2-5-9-21(15)30-23(32)18-7-3-4-8-20(18)28-24(30)33-14-22(31)29-27-13-16-10-11-17(25)12-19(16)26/h2-13H,14H2,1H3,(H,29,31)/b27-13+. The first-order chi connectivity index (χ1) is 15.9. The Morgan fingerprint density at radius 2 is 1.88 bits per heavy atom. The van der Waals surface area contributed by atoms with Crippen LogP contribution in [0.4, 0.5) is 0 Å². The fraction of sp³-hybridized carbons (Fsp3) is 0.0833. The molecule has 6 nitrogen and oxygen atoms in total. The average molecular weight is 497 g/mol. The summed E-state index contributed by atoms with van der Waals surface area (Å²) in [6.07, 6.45) is 1.44. The predicted molar refractivity (Wildman–Crippen MR) is 135 cm³/mol. The van der Waals surface area contributed by atoms with Crippen LogP contribution in [0, 0.1) is 6.92 Å². The number of carbonyl (C=O) groups excluding carboxylic acids is 1. The number of hydrogen-bond acceptors (Lipinski definition) is 5. The maximum atomic E-state index is 13.3. The monoisotopic (exact) mass is 496 g/mol. The van der Waals surface area contributed by atoms with Gasteiger partial charge in [0.15, 0.2) is 5.16 Å². The summed E-state index contributed by atoms with van der Waals surface area (Å²) in [6, 6.07) is 19.7. The smallest absolute Gasteiger partial charge is 0.266 e. The minimum absolute atomic E-state index is 0.0162. The number of halogens is 2. The van der Waals surface area contributed by atoms with E-state index in [0.29, 0.717) is 31.7 Å². The van der Waals surface area contributed by atoms with Crippen LogP contribution in [0.2, 0.25) is 10.0 Å². The van der Waals surface area contributed by atoms with E-state index < -0.39 is 0 Å². The topological polar surface area (TPSA) is 76.3 Å². The largest absolute Gasteiger partial charge is 0.272 e. The van der Waals surface area contributed by atoms with Gasteiger partial charge in [0, 0.05) is 10.6 Å². The lowest BCUT2D eigenvalue weighted by atomic mass is 10.2. The van der Waals surface area contributed by atoms with Gasteiger partial charge in [-0.1, -0.05) is 71.4 Å². The maximum Gasteiger partial charge on any atom is 0.266 e. The Morgan fingerprint density at radius 1 is 1.12 bits per heavy atom. The molecular formula is C24H18Cl2N4O2S. The molecule has 0 saturated carbocycles. The highest BCUT2D eigenvalue weighted by Gasteiger charge is 2.15. The third-order valence-corrected chi connectivity index (χ3v) is 6.29. The molecule has 1 aromatic heterocycles. The van der Waals surface area contributed by atoms with E-state index in [1.54, 1.807) is 41.0 Å². The van der Waals surface area contributed by atoms with Gasteiger partial charge in [-0.3, -0.25) is 14.2 Å². The van der Waals surface area contributed by atoms with Gasteiger partial charge >= 0.3 is 0 Å². The van der Waals surface area contributed by atoms with Crippen molar-refractivity contribution < 1.29 is 4.79 Å². The van der Waals surface area contributed by atoms with Gasteiger partial charge in [0.25, 0.3) is 11.5 Å². The molecule has 0 aliphatic heterocycles. The Bertz CT molecular complexity index is 1440. The van der Waals surface area contributed by atoms with Gasteiger partial charge in [0.1, 0.15) is 0 Å². The van der Waals surface area contributed by atoms with E-state index >= 15 is 0 Å². The van der Waals surface area contributed by atoms with Crippen molar-refractivity contribution in [3.05, 3.63) is 98.3 Å². The third-order valence-electron chi connectivity index (χ3n) is 4.79. The van der Waals surface area contributed by atoms with Gasteiger partial charge in [-0.2, -0.15) is 5.10 Å². The summed E-state index contributed by atoms with van der Waals surface area (Å²) in [5, 5.41) is 5.83. The molecule has 0 unspecified atom stereocenters. The summed E-state index contributed by atoms with van der Waals surface area (Å²) in [5.41, 5.74) is 5.12. The van der Waals surface area contributed by atoms with Crippen molar-refractivity contribution >= 4 is 58.0 Å². The van der Waals surface area contributed by atoms with Crippen molar-refractivity contribution in [1.29, 1.82) is 0 Å². The van der Waals surface area contributed by atoms with Gasteiger partial charge in [-0.05, 0) is 42.8 Å². The van der Waals surface area contributed by atoms with Gasteiger partial charge in [0.05, 0.1) is 33.6 Å². The van der Waals surface area contributed by atoms with Gasteiger partial charge in [0.2, 0.25) is 0 Å². The fourth-order valence-corrected chi connectivity index (χ4v) is 4.43. The van der Waals surface area contributed by atoms with E-state index in [1.807, 2.05) is 37.3 Å². The lowest BCUT2D eigenvalue weighted by Gasteiger charge is -2.14. The Kier molecular flexibility index (Phi) is 7.13. The zero-order chi connectivity index (χ0) is 23.4. The van der Waals surface area contributed by atoms with Crippen LogP contribution in [0.15, 0.2) is 81.8 Å². The molecule has 0 saturated heterocycles. The number of aryl methyl sites for hydroxylation is 1. The Morgan fingerprint density at radius 3 is 2.67 bits per heavy atom. The molecule has 0 aliphatic rings. The van der Waals surface area contributed by atoms with E-state index in [-0.39, 0.29) is 17.2 Å². The third kappa shape index (κ3) is 5.27. The number of fused-ring (bicyclic) bond motifs is 1. The lowest BCUT2D eigenvalue weighted by molar-refractivity contribution is -0.118. The first-order valence-electron chi connectivity index (χ1n) is 9.91. The van der Waals surface area contributed by atoms with Crippen LogP contribution < -0.4 is 11.0 Å². The van der Waals surface area contributed by atoms with Crippen molar-refractivity contribution in [1.82, 2.24) is 15.0 Å². The summed E-state index contributed by atoms with van der Waals surface area (Å²) >= 11 is 13.1. The van der Waals surface area contributed by atoms with Gasteiger partial charge in [-0.25, -0.2) is 10.4 Å². The Balaban J connectivity index is 1.57. The van der Waals surface area contributed by atoms with Crippen molar-refractivity contribution in [2.45, 2.75) is 12.1 Å². The molecule has 3 aromatic carbocycles. The highest BCUT2D eigenvalue weighted by atomic mass is 35.5. The number of thioether (sulfide) groups is 1. The summed E-state index contributed by atoms with van der Waals surface area (Å²) in [7, 11) is 0. The minimum atomic E-state index is -0.347. The molecule has 0 radical (unpaired) electrons. The second kappa shape index (κ2) is 10.2. The highest BCUT2D eigenvalue weighted by Crippen LogP contribution is 2.23. The van der Waals surface area contributed by atoms with Crippen LogP contribution in [-0.4, -0.2) is 27.4 Å². The summed E-state index contributed by atoms with van der Waals surface area (Å²) in [6.45, 7) is 1.93. The van der Waals surface area contributed by atoms with Crippen LogP contribution >= 0.6 is 35.0 Å². The number of benzene rings is 3. The number of hydrazone groups is 1. The molecule has 1 heterocycles. The van der Waals surface area contributed by atoms with E-state index in [2.05, 4.69) is 15.5 Å². The SMILES string of the molecule is Cc1ccccc1-n1c(SCC(=O)N/N=C/c2ccc(Cl)cc2Cl)nc2ccccc2c1=O. The second-order valence-corrected chi connectivity index (χ2v) is 8.87.